The number of aromatic nitrogens is 1. The maximum atomic E-state index is 13.3. The van der Waals surface area contributed by atoms with Gasteiger partial charge < -0.3 is 10.3 Å². The molecule has 2 N–H and O–H groups in total. The summed E-state index contributed by atoms with van der Waals surface area (Å²) < 4.78 is 15.4. The first-order chi connectivity index (χ1) is 9.15. The van der Waals surface area contributed by atoms with Gasteiger partial charge in [-0.05, 0) is 42.3 Å². The van der Waals surface area contributed by atoms with Crippen LogP contribution in [0.25, 0.3) is 10.9 Å². The molecule has 0 saturated heterocycles. The van der Waals surface area contributed by atoms with Crippen LogP contribution < -0.4 is 5.73 Å². The number of nitrogens with zero attached hydrogens (tertiary/aromatic N) is 1. The number of fused-ring (bicyclic) bond motifs is 1. The molecule has 0 spiro atoms. The van der Waals surface area contributed by atoms with Gasteiger partial charge in [0.05, 0.1) is 0 Å². The number of nitrogens with two attached hydrogens (primary N) is 1. The first-order valence-electron chi connectivity index (χ1n) is 6.23. The van der Waals surface area contributed by atoms with Crippen LogP contribution in [0.4, 0.5) is 10.1 Å². The molecule has 2 nitrogen and oxygen atoms in total. The van der Waals surface area contributed by atoms with Crippen molar-refractivity contribution in [2.75, 3.05) is 5.73 Å². The number of hydrogen-bond donors (Lipinski definition) is 1. The van der Waals surface area contributed by atoms with E-state index in [9.17, 15) is 4.39 Å². The lowest BCUT2D eigenvalue weighted by atomic mass is 10.1. The predicted octanol–water partition coefficient (Wildman–Crippen LogP) is 3.72. The highest BCUT2D eigenvalue weighted by atomic mass is 19.1. The van der Waals surface area contributed by atoms with Crippen LogP contribution in [0, 0.1) is 12.7 Å². The SMILES string of the molecule is Cc1cn(Cc2cc(F)ccc2N)c2ccccc12. The number of anilines is 1. The second kappa shape index (κ2) is 4.43. The Labute approximate surface area is 111 Å². The quantitative estimate of drug-likeness (QED) is 0.694. The number of aryl methyl sites for hydroxylation is 1. The van der Waals surface area contributed by atoms with Crippen molar-refractivity contribution in [3.63, 3.8) is 0 Å². The fourth-order valence-electron chi connectivity index (χ4n) is 2.46. The van der Waals surface area contributed by atoms with Crippen molar-refractivity contribution in [3.8, 4) is 0 Å². The lowest BCUT2D eigenvalue weighted by molar-refractivity contribution is 0.624. The summed E-state index contributed by atoms with van der Waals surface area (Å²) in [5, 5.41) is 1.22. The fraction of sp³-hybridized carbons (Fsp3) is 0.125. The van der Waals surface area contributed by atoms with Crippen molar-refractivity contribution in [3.05, 3.63) is 65.6 Å². The van der Waals surface area contributed by atoms with Gasteiger partial charge in [0.1, 0.15) is 5.82 Å². The molecule has 3 aromatic rings. The van der Waals surface area contributed by atoms with Crippen molar-refractivity contribution >= 4 is 16.6 Å². The van der Waals surface area contributed by atoms with E-state index < -0.39 is 0 Å². The van der Waals surface area contributed by atoms with Crippen LogP contribution in [-0.4, -0.2) is 4.57 Å². The smallest absolute Gasteiger partial charge is 0.123 e. The van der Waals surface area contributed by atoms with Crippen molar-refractivity contribution in [1.29, 1.82) is 0 Å². The summed E-state index contributed by atoms with van der Waals surface area (Å²) in [6, 6.07) is 12.7. The van der Waals surface area contributed by atoms with Gasteiger partial charge >= 0.3 is 0 Å². The number of para-hydroxylation sites is 1. The summed E-state index contributed by atoms with van der Waals surface area (Å²) in [5.41, 5.74) is 9.69. The molecule has 0 fully saturated rings. The summed E-state index contributed by atoms with van der Waals surface area (Å²) in [7, 11) is 0. The highest BCUT2D eigenvalue weighted by molar-refractivity contribution is 5.83. The van der Waals surface area contributed by atoms with Crippen LogP contribution in [0.2, 0.25) is 0 Å². The topological polar surface area (TPSA) is 30.9 Å². The van der Waals surface area contributed by atoms with Gasteiger partial charge in [-0.2, -0.15) is 0 Å². The average molecular weight is 254 g/mol. The minimum atomic E-state index is -0.252. The molecular weight excluding hydrogens is 239 g/mol. The highest BCUT2D eigenvalue weighted by Crippen LogP contribution is 2.23. The van der Waals surface area contributed by atoms with Gasteiger partial charge in [0, 0.05) is 29.3 Å². The van der Waals surface area contributed by atoms with Gasteiger partial charge in [0.15, 0.2) is 0 Å². The van der Waals surface area contributed by atoms with E-state index in [-0.39, 0.29) is 5.82 Å². The molecule has 0 radical (unpaired) electrons. The summed E-state index contributed by atoms with van der Waals surface area (Å²) in [4.78, 5) is 0. The lowest BCUT2D eigenvalue weighted by Crippen LogP contribution is -2.02. The Bertz CT molecular complexity index is 744. The monoisotopic (exact) mass is 254 g/mol. The van der Waals surface area contributed by atoms with Crippen LogP contribution in [0.15, 0.2) is 48.7 Å². The highest BCUT2D eigenvalue weighted by Gasteiger charge is 2.07. The van der Waals surface area contributed by atoms with Crippen molar-refractivity contribution in [1.82, 2.24) is 4.57 Å². The van der Waals surface area contributed by atoms with Gasteiger partial charge in [-0.3, -0.25) is 0 Å². The van der Waals surface area contributed by atoms with Crippen LogP contribution in [0.1, 0.15) is 11.1 Å². The Kier molecular flexibility index (Phi) is 2.75. The Hall–Kier alpha value is -2.29. The van der Waals surface area contributed by atoms with Gasteiger partial charge in [-0.1, -0.05) is 18.2 Å². The molecule has 19 heavy (non-hydrogen) atoms. The third-order valence-electron chi connectivity index (χ3n) is 3.43. The Morgan fingerprint density at radius 2 is 1.95 bits per heavy atom. The standard InChI is InChI=1S/C16H15FN2/c1-11-9-19(16-5-3-2-4-14(11)16)10-12-8-13(17)6-7-15(12)18/h2-9H,10,18H2,1H3. The zero-order valence-corrected chi connectivity index (χ0v) is 10.7. The molecule has 0 amide bonds. The maximum absolute atomic E-state index is 13.3. The van der Waals surface area contributed by atoms with Crippen LogP contribution in [-0.2, 0) is 6.54 Å². The third kappa shape index (κ3) is 2.08. The number of rotatable bonds is 2. The zero-order chi connectivity index (χ0) is 13.4. The molecule has 0 saturated carbocycles. The Balaban J connectivity index is 2.08. The molecule has 0 atom stereocenters. The number of benzene rings is 2. The van der Waals surface area contributed by atoms with E-state index in [1.807, 2.05) is 12.1 Å². The van der Waals surface area contributed by atoms with Gasteiger partial charge in [0.25, 0.3) is 0 Å². The lowest BCUT2D eigenvalue weighted by Gasteiger charge is -2.08. The Morgan fingerprint density at radius 1 is 1.16 bits per heavy atom. The number of halogens is 1. The molecule has 1 aromatic heterocycles. The first kappa shape index (κ1) is 11.8. The maximum Gasteiger partial charge on any atom is 0.123 e. The van der Waals surface area contributed by atoms with E-state index in [0.717, 1.165) is 11.1 Å². The molecule has 0 aliphatic heterocycles. The van der Waals surface area contributed by atoms with E-state index in [4.69, 9.17) is 5.73 Å². The van der Waals surface area contributed by atoms with Gasteiger partial charge in [-0.25, -0.2) is 4.39 Å². The second-order valence-corrected chi connectivity index (χ2v) is 4.80. The molecule has 0 aliphatic carbocycles. The van der Waals surface area contributed by atoms with E-state index in [0.29, 0.717) is 12.2 Å². The average Bonchev–Trinajstić information content (AvgIpc) is 2.72. The van der Waals surface area contributed by atoms with Crippen LogP contribution in [0.5, 0.6) is 0 Å². The number of nitrogen functional groups attached to an aromatic ring is 1. The van der Waals surface area contributed by atoms with E-state index in [1.165, 1.54) is 23.1 Å². The molecule has 3 rings (SSSR count). The second-order valence-electron chi connectivity index (χ2n) is 4.80. The van der Waals surface area contributed by atoms with Crippen LogP contribution >= 0.6 is 0 Å². The molecule has 2 aromatic carbocycles. The summed E-state index contributed by atoms with van der Waals surface area (Å²) in [6.45, 7) is 2.66. The first-order valence-corrected chi connectivity index (χ1v) is 6.23. The molecule has 3 heteroatoms. The summed E-state index contributed by atoms with van der Waals surface area (Å²) in [5.74, 6) is -0.252. The third-order valence-corrected chi connectivity index (χ3v) is 3.43. The number of hydrogen-bond acceptors (Lipinski definition) is 1. The van der Waals surface area contributed by atoms with Crippen molar-refractivity contribution < 1.29 is 4.39 Å². The van der Waals surface area contributed by atoms with E-state index in [1.54, 1.807) is 6.07 Å². The van der Waals surface area contributed by atoms with Gasteiger partial charge in [0.2, 0.25) is 0 Å². The largest absolute Gasteiger partial charge is 0.398 e. The summed E-state index contributed by atoms with van der Waals surface area (Å²) in [6.07, 6.45) is 2.08. The minimum absolute atomic E-state index is 0.252. The van der Waals surface area contributed by atoms with Crippen molar-refractivity contribution in [2.24, 2.45) is 0 Å². The Morgan fingerprint density at radius 3 is 2.79 bits per heavy atom. The fourth-order valence-corrected chi connectivity index (χ4v) is 2.46. The minimum Gasteiger partial charge on any atom is -0.398 e. The van der Waals surface area contributed by atoms with E-state index >= 15 is 0 Å². The molecule has 0 unspecified atom stereocenters. The van der Waals surface area contributed by atoms with Gasteiger partial charge in [-0.15, -0.1) is 0 Å². The summed E-state index contributed by atoms with van der Waals surface area (Å²) >= 11 is 0. The molecular formula is C16H15FN2. The predicted molar refractivity (Wildman–Crippen MR) is 76.6 cm³/mol. The normalized spacial score (nSPS) is 11.1. The van der Waals surface area contributed by atoms with E-state index in [2.05, 4.69) is 29.8 Å². The molecule has 1 heterocycles. The van der Waals surface area contributed by atoms with Crippen LogP contribution in [0.3, 0.4) is 0 Å². The molecule has 96 valence electrons. The van der Waals surface area contributed by atoms with Crippen molar-refractivity contribution in [2.45, 2.75) is 13.5 Å². The molecule has 0 aliphatic rings. The zero-order valence-electron chi connectivity index (χ0n) is 10.7. The molecule has 0 bridgehead atoms.